The van der Waals surface area contributed by atoms with Crippen LogP contribution in [0.15, 0.2) is 76.5 Å². The van der Waals surface area contributed by atoms with E-state index < -0.39 is 0 Å². The molecule has 3 aromatic carbocycles. The number of thioether (sulfide) groups is 1. The van der Waals surface area contributed by atoms with Gasteiger partial charge < -0.3 is 9.47 Å². The first-order valence-corrected chi connectivity index (χ1v) is 10.1. The lowest BCUT2D eigenvalue weighted by Gasteiger charge is -2.13. The fourth-order valence-electron chi connectivity index (χ4n) is 3.03. The number of carbonyl (C=O) groups excluding carboxylic acids is 1. The third-order valence-electron chi connectivity index (χ3n) is 4.45. The normalized spacial score (nSPS) is 14.1. The zero-order chi connectivity index (χ0) is 20.2. The summed E-state index contributed by atoms with van der Waals surface area (Å²) in [7, 11) is 0. The van der Waals surface area contributed by atoms with Gasteiger partial charge in [-0.1, -0.05) is 42.1 Å². The van der Waals surface area contributed by atoms with Gasteiger partial charge in [0.25, 0.3) is 0 Å². The number of ketones is 1. The zero-order valence-electron chi connectivity index (χ0n) is 15.9. The molecule has 0 radical (unpaired) electrons. The van der Waals surface area contributed by atoms with Gasteiger partial charge in [0.05, 0.1) is 11.5 Å². The first-order chi connectivity index (χ1) is 14.1. The van der Waals surface area contributed by atoms with E-state index in [-0.39, 0.29) is 11.6 Å². The van der Waals surface area contributed by atoms with Crippen LogP contribution >= 0.6 is 11.8 Å². The molecule has 0 N–H and O–H groups in total. The zero-order valence-corrected chi connectivity index (χ0v) is 16.7. The Morgan fingerprint density at radius 3 is 2.52 bits per heavy atom. The molecule has 0 saturated carbocycles. The number of halogens is 1. The molecule has 0 aliphatic carbocycles. The molecule has 4 rings (SSSR count). The maximum atomic E-state index is 13.0. The van der Waals surface area contributed by atoms with Gasteiger partial charge in [-0.2, -0.15) is 0 Å². The van der Waals surface area contributed by atoms with Crippen molar-refractivity contribution >= 4 is 23.6 Å². The van der Waals surface area contributed by atoms with E-state index >= 15 is 0 Å². The van der Waals surface area contributed by atoms with Crippen LogP contribution in [0.1, 0.15) is 28.4 Å². The molecular weight excluding hydrogens is 387 g/mol. The third kappa shape index (κ3) is 4.35. The number of fused-ring (bicyclic) bond motifs is 1. The van der Waals surface area contributed by atoms with Crippen LogP contribution in [0.3, 0.4) is 0 Å². The van der Waals surface area contributed by atoms with Gasteiger partial charge in [-0.25, -0.2) is 4.39 Å². The molecule has 146 valence electrons. The van der Waals surface area contributed by atoms with E-state index in [1.807, 2.05) is 55.5 Å². The molecule has 29 heavy (non-hydrogen) atoms. The smallest absolute Gasteiger partial charge is 0.200 e. The van der Waals surface area contributed by atoms with Crippen LogP contribution in [0.4, 0.5) is 4.39 Å². The van der Waals surface area contributed by atoms with E-state index in [4.69, 9.17) is 9.47 Å². The first kappa shape index (κ1) is 19.3. The molecule has 1 aliphatic heterocycles. The van der Waals surface area contributed by atoms with Crippen molar-refractivity contribution in [2.75, 3.05) is 6.61 Å². The van der Waals surface area contributed by atoms with Crippen LogP contribution in [0, 0.1) is 5.82 Å². The van der Waals surface area contributed by atoms with Crippen molar-refractivity contribution in [2.45, 2.75) is 18.4 Å². The SMILES string of the molecule is CCOc1cc(/C=C2/Sc3ccccc3C2=O)ccc1OCc1ccc(F)cc1. The summed E-state index contributed by atoms with van der Waals surface area (Å²) in [6.45, 7) is 2.71. The van der Waals surface area contributed by atoms with Crippen LogP contribution in [-0.2, 0) is 6.61 Å². The lowest BCUT2D eigenvalue weighted by molar-refractivity contribution is 0.104. The summed E-state index contributed by atoms with van der Waals surface area (Å²) in [5, 5.41) is 0. The minimum Gasteiger partial charge on any atom is -0.490 e. The Morgan fingerprint density at radius 1 is 0.966 bits per heavy atom. The molecule has 5 heteroatoms. The summed E-state index contributed by atoms with van der Waals surface area (Å²) in [5.74, 6) is 0.978. The van der Waals surface area contributed by atoms with Crippen molar-refractivity contribution in [3.63, 3.8) is 0 Å². The molecule has 0 fully saturated rings. The number of hydrogen-bond acceptors (Lipinski definition) is 4. The number of hydrogen-bond donors (Lipinski definition) is 0. The van der Waals surface area contributed by atoms with Crippen molar-refractivity contribution in [1.82, 2.24) is 0 Å². The Balaban J connectivity index is 1.54. The van der Waals surface area contributed by atoms with Crippen LogP contribution in [0.5, 0.6) is 11.5 Å². The molecule has 0 unspecified atom stereocenters. The molecule has 1 heterocycles. The Kier molecular flexibility index (Phi) is 5.67. The van der Waals surface area contributed by atoms with E-state index in [1.54, 1.807) is 12.1 Å². The molecule has 0 spiro atoms. The van der Waals surface area contributed by atoms with E-state index in [2.05, 4.69) is 0 Å². The summed E-state index contributed by atoms with van der Waals surface area (Å²) < 4.78 is 24.7. The van der Waals surface area contributed by atoms with E-state index in [1.165, 1.54) is 23.9 Å². The number of rotatable bonds is 6. The average Bonchev–Trinajstić information content (AvgIpc) is 3.04. The van der Waals surface area contributed by atoms with Crippen LogP contribution in [-0.4, -0.2) is 12.4 Å². The molecule has 0 aromatic heterocycles. The molecule has 0 saturated heterocycles. The fourth-order valence-corrected chi connectivity index (χ4v) is 4.08. The lowest BCUT2D eigenvalue weighted by atomic mass is 10.1. The number of carbonyl (C=O) groups is 1. The average molecular weight is 406 g/mol. The summed E-state index contributed by atoms with van der Waals surface area (Å²) in [5.41, 5.74) is 2.48. The summed E-state index contributed by atoms with van der Waals surface area (Å²) >= 11 is 1.48. The van der Waals surface area contributed by atoms with E-state index in [9.17, 15) is 9.18 Å². The molecule has 0 atom stereocenters. The van der Waals surface area contributed by atoms with Crippen LogP contribution < -0.4 is 9.47 Å². The predicted molar refractivity (Wildman–Crippen MR) is 113 cm³/mol. The minimum atomic E-state index is -0.275. The van der Waals surface area contributed by atoms with Crippen molar-refractivity contribution in [1.29, 1.82) is 0 Å². The summed E-state index contributed by atoms with van der Waals surface area (Å²) in [6, 6.07) is 19.4. The third-order valence-corrected chi connectivity index (χ3v) is 5.55. The fraction of sp³-hybridized carbons (Fsp3) is 0.125. The van der Waals surface area contributed by atoms with Gasteiger partial charge in [0, 0.05) is 10.5 Å². The number of benzene rings is 3. The van der Waals surface area contributed by atoms with Crippen LogP contribution in [0.2, 0.25) is 0 Å². The van der Waals surface area contributed by atoms with E-state index in [0.717, 1.165) is 21.6 Å². The second-order valence-electron chi connectivity index (χ2n) is 6.49. The Morgan fingerprint density at radius 2 is 1.76 bits per heavy atom. The Hall–Kier alpha value is -3.05. The van der Waals surface area contributed by atoms with Gasteiger partial charge in [-0.15, -0.1) is 0 Å². The molecule has 3 aromatic rings. The van der Waals surface area contributed by atoms with Gasteiger partial charge in [0.15, 0.2) is 11.5 Å². The van der Waals surface area contributed by atoms with Crippen molar-refractivity contribution in [2.24, 2.45) is 0 Å². The highest BCUT2D eigenvalue weighted by molar-refractivity contribution is 8.04. The standard InChI is InChI=1S/C24H19FO3S/c1-2-27-21-13-17(14-23-24(26)19-5-3-4-6-22(19)29-23)9-12-20(21)28-15-16-7-10-18(25)11-8-16/h3-14H,2,15H2,1H3/b23-14+. The number of Topliss-reactive ketones (excluding diaryl/α,β-unsaturated/α-hetero) is 1. The van der Waals surface area contributed by atoms with Gasteiger partial charge in [-0.05, 0) is 60.5 Å². The maximum Gasteiger partial charge on any atom is 0.200 e. The molecule has 3 nitrogen and oxygen atoms in total. The lowest BCUT2D eigenvalue weighted by Crippen LogP contribution is -2.00. The predicted octanol–water partition coefficient (Wildman–Crippen LogP) is 6.13. The second kappa shape index (κ2) is 8.53. The van der Waals surface area contributed by atoms with Crippen molar-refractivity contribution in [3.05, 3.63) is 94.1 Å². The maximum absolute atomic E-state index is 13.0. The highest BCUT2D eigenvalue weighted by Gasteiger charge is 2.25. The van der Waals surface area contributed by atoms with Gasteiger partial charge in [-0.3, -0.25) is 4.79 Å². The molecule has 1 aliphatic rings. The highest BCUT2D eigenvalue weighted by Crippen LogP contribution is 2.41. The number of ether oxygens (including phenoxy) is 2. The molecule has 0 amide bonds. The number of allylic oxidation sites excluding steroid dienone is 1. The minimum absolute atomic E-state index is 0.0418. The van der Waals surface area contributed by atoms with Crippen molar-refractivity contribution in [3.8, 4) is 11.5 Å². The topological polar surface area (TPSA) is 35.5 Å². The largest absolute Gasteiger partial charge is 0.490 e. The first-order valence-electron chi connectivity index (χ1n) is 9.31. The van der Waals surface area contributed by atoms with Crippen molar-refractivity contribution < 1.29 is 18.7 Å². The van der Waals surface area contributed by atoms with Gasteiger partial charge in [0.1, 0.15) is 12.4 Å². The summed E-state index contributed by atoms with van der Waals surface area (Å²) in [4.78, 5) is 14.3. The van der Waals surface area contributed by atoms with Gasteiger partial charge in [0.2, 0.25) is 5.78 Å². The highest BCUT2D eigenvalue weighted by atomic mass is 32.2. The van der Waals surface area contributed by atoms with E-state index in [0.29, 0.717) is 29.6 Å². The second-order valence-corrected chi connectivity index (χ2v) is 7.57. The molecule has 0 bridgehead atoms. The van der Waals surface area contributed by atoms with Crippen LogP contribution in [0.25, 0.3) is 6.08 Å². The monoisotopic (exact) mass is 406 g/mol. The quantitative estimate of drug-likeness (QED) is 0.461. The Bertz CT molecular complexity index is 1070. The Labute approximate surface area is 173 Å². The molecular formula is C24H19FO3S. The summed E-state index contributed by atoms with van der Waals surface area (Å²) in [6.07, 6.45) is 1.87. The van der Waals surface area contributed by atoms with Gasteiger partial charge >= 0.3 is 0 Å².